The fraction of sp³-hybridized carbons (Fsp3) is 0.176. The first kappa shape index (κ1) is 14.1. The molecule has 22 heavy (non-hydrogen) atoms. The number of aromatic nitrogens is 3. The molecule has 2 N–H and O–H groups in total. The van der Waals surface area contributed by atoms with E-state index >= 15 is 0 Å². The number of benzene rings is 2. The first-order valence-corrected chi connectivity index (χ1v) is 7.18. The largest absolute Gasteiger partial charge is 0.497 e. The van der Waals surface area contributed by atoms with E-state index < -0.39 is 0 Å². The molecule has 0 aliphatic carbocycles. The van der Waals surface area contributed by atoms with Gasteiger partial charge in [0.25, 0.3) is 0 Å². The molecular formula is C17H18N4O. The Morgan fingerprint density at radius 2 is 1.77 bits per heavy atom. The van der Waals surface area contributed by atoms with Crippen LogP contribution in [0.5, 0.6) is 5.75 Å². The molecule has 1 aromatic heterocycles. The maximum atomic E-state index is 6.09. The second-order valence-electron chi connectivity index (χ2n) is 4.91. The van der Waals surface area contributed by atoms with Gasteiger partial charge in [0.2, 0.25) is 0 Å². The van der Waals surface area contributed by atoms with E-state index in [0.29, 0.717) is 5.69 Å². The summed E-state index contributed by atoms with van der Waals surface area (Å²) < 4.78 is 7.25. The van der Waals surface area contributed by atoms with Gasteiger partial charge >= 0.3 is 0 Å². The topological polar surface area (TPSA) is 66.0 Å². The highest BCUT2D eigenvalue weighted by Gasteiger charge is 2.16. The summed E-state index contributed by atoms with van der Waals surface area (Å²) in [5.74, 6) is 2.46. The highest BCUT2D eigenvalue weighted by molar-refractivity contribution is 5.72. The van der Waals surface area contributed by atoms with Crippen LogP contribution in [0.4, 0.5) is 5.69 Å². The molecule has 0 fully saturated rings. The average molecular weight is 294 g/mol. The average Bonchev–Trinajstić information content (AvgIpc) is 2.99. The van der Waals surface area contributed by atoms with E-state index in [1.165, 1.54) is 0 Å². The van der Waals surface area contributed by atoms with Crippen LogP contribution in [-0.2, 0) is 6.42 Å². The molecule has 2 aromatic carbocycles. The lowest BCUT2D eigenvalue weighted by Crippen LogP contribution is -2.03. The van der Waals surface area contributed by atoms with Crippen molar-refractivity contribution in [2.24, 2.45) is 0 Å². The van der Waals surface area contributed by atoms with Gasteiger partial charge in [0.1, 0.15) is 11.6 Å². The van der Waals surface area contributed by atoms with Crippen LogP contribution in [0.25, 0.3) is 17.1 Å². The standard InChI is InChI=1S/C17H18N4O/c1-3-16-19-20-17(14-6-4-5-7-15(14)18)21(16)12-8-10-13(22-2)11-9-12/h4-11H,3,18H2,1-2H3. The number of nitrogens with zero attached hydrogens (tertiary/aromatic N) is 3. The maximum absolute atomic E-state index is 6.09. The van der Waals surface area contributed by atoms with Crippen molar-refractivity contribution in [3.8, 4) is 22.8 Å². The lowest BCUT2D eigenvalue weighted by molar-refractivity contribution is 0.414. The first-order valence-electron chi connectivity index (χ1n) is 7.18. The van der Waals surface area contributed by atoms with Gasteiger partial charge in [-0.1, -0.05) is 19.1 Å². The summed E-state index contributed by atoms with van der Waals surface area (Å²) in [6, 6.07) is 15.5. The zero-order valence-corrected chi connectivity index (χ0v) is 12.7. The molecule has 0 radical (unpaired) electrons. The van der Waals surface area contributed by atoms with Crippen molar-refractivity contribution in [3.63, 3.8) is 0 Å². The summed E-state index contributed by atoms with van der Waals surface area (Å²) >= 11 is 0. The van der Waals surface area contributed by atoms with E-state index in [9.17, 15) is 0 Å². The van der Waals surface area contributed by atoms with Crippen molar-refractivity contribution >= 4 is 5.69 Å². The monoisotopic (exact) mass is 294 g/mol. The van der Waals surface area contributed by atoms with Gasteiger partial charge in [-0.15, -0.1) is 10.2 Å². The third-order valence-corrected chi connectivity index (χ3v) is 3.58. The normalized spacial score (nSPS) is 10.6. The molecule has 0 atom stereocenters. The van der Waals surface area contributed by atoms with Gasteiger partial charge in [0, 0.05) is 23.4 Å². The van der Waals surface area contributed by atoms with Crippen molar-refractivity contribution in [3.05, 3.63) is 54.4 Å². The molecule has 3 rings (SSSR count). The highest BCUT2D eigenvalue weighted by Crippen LogP contribution is 2.28. The molecule has 0 aliphatic rings. The summed E-state index contributed by atoms with van der Waals surface area (Å²) in [4.78, 5) is 0. The second kappa shape index (κ2) is 5.89. The first-order chi connectivity index (χ1) is 10.7. The molecule has 3 aromatic rings. The molecule has 0 saturated carbocycles. The zero-order valence-electron chi connectivity index (χ0n) is 12.7. The quantitative estimate of drug-likeness (QED) is 0.751. The van der Waals surface area contributed by atoms with E-state index in [0.717, 1.165) is 35.1 Å². The molecule has 5 heteroatoms. The number of methoxy groups -OCH3 is 1. The van der Waals surface area contributed by atoms with Crippen LogP contribution in [0.3, 0.4) is 0 Å². The van der Waals surface area contributed by atoms with E-state index in [2.05, 4.69) is 17.1 Å². The number of nitrogen functional groups attached to an aromatic ring is 1. The number of anilines is 1. The molecule has 112 valence electrons. The highest BCUT2D eigenvalue weighted by atomic mass is 16.5. The van der Waals surface area contributed by atoms with Crippen LogP contribution < -0.4 is 10.5 Å². The van der Waals surface area contributed by atoms with E-state index in [4.69, 9.17) is 10.5 Å². The van der Waals surface area contributed by atoms with Crippen LogP contribution in [0.2, 0.25) is 0 Å². The number of hydrogen-bond donors (Lipinski definition) is 1. The summed E-state index contributed by atoms with van der Waals surface area (Å²) in [6.07, 6.45) is 0.783. The maximum Gasteiger partial charge on any atom is 0.170 e. The molecule has 0 spiro atoms. The summed E-state index contributed by atoms with van der Waals surface area (Å²) in [5.41, 5.74) is 8.65. The lowest BCUT2D eigenvalue weighted by atomic mass is 10.1. The number of ether oxygens (including phenoxy) is 1. The summed E-state index contributed by atoms with van der Waals surface area (Å²) in [6.45, 7) is 2.06. The summed E-state index contributed by atoms with van der Waals surface area (Å²) in [5, 5.41) is 8.64. The third kappa shape index (κ3) is 2.41. The fourth-order valence-electron chi connectivity index (χ4n) is 2.42. The molecule has 0 bridgehead atoms. The molecule has 5 nitrogen and oxygen atoms in total. The van der Waals surface area contributed by atoms with Gasteiger partial charge in [-0.05, 0) is 36.4 Å². The second-order valence-corrected chi connectivity index (χ2v) is 4.91. The Kier molecular flexibility index (Phi) is 3.78. The fourth-order valence-corrected chi connectivity index (χ4v) is 2.42. The van der Waals surface area contributed by atoms with Crippen LogP contribution in [0.1, 0.15) is 12.7 Å². The van der Waals surface area contributed by atoms with E-state index in [1.807, 2.05) is 53.1 Å². The minimum atomic E-state index is 0.687. The molecular weight excluding hydrogens is 276 g/mol. The van der Waals surface area contributed by atoms with Crippen LogP contribution >= 0.6 is 0 Å². The Hall–Kier alpha value is -2.82. The minimum Gasteiger partial charge on any atom is -0.497 e. The molecule has 0 saturated heterocycles. The predicted molar refractivity (Wildman–Crippen MR) is 87.1 cm³/mol. The SMILES string of the molecule is CCc1nnc(-c2ccccc2N)n1-c1ccc(OC)cc1. The van der Waals surface area contributed by atoms with Crippen molar-refractivity contribution in [2.75, 3.05) is 12.8 Å². The van der Waals surface area contributed by atoms with Crippen LogP contribution in [0, 0.1) is 0 Å². The Balaban J connectivity index is 2.17. The predicted octanol–water partition coefficient (Wildman–Crippen LogP) is 3.09. The van der Waals surface area contributed by atoms with Crippen molar-refractivity contribution in [1.82, 2.24) is 14.8 Å². The van der Waals surface area contributed by atoms with E-state index in [1.54, 1.807) is 7.11 Å². The van der Waals surface area contributed by atoms with Crippen molar-refractivity contribution < 1.29 is 4.74 Å². The van der Waals surface area contributed by atoms with Crippen molar-refractivity contribution in [1.29, 1.82) is 0 Å². The molecule has 0 unspecified atom stereocenters. The Morgan fingerprint density at radius 1 is 1.05 bits per heavy atom. The Labute approximate surface area is 129 Å². The zero-order chi connectivity index (χ0) is 15.5. The van der Waals surface area contributed by atoms with Gasteiger partial charge < -0.3 is 10.5 Å². The van der Waals surface area contributed by atoms with Gasteiger partial charge in [-0.25, -0.2) is 0 Å². The molecule has 1 heterocycles. The van der Waals surface area contributed by atoms with Crippen LogP contribution in [0.15, 0.2) is 48.5 Å². The lowest BCUT2D eigenvalue weighted by Gasteiger charge is -2.11. The number of hydrogen-bond acceptors (Lipinski definition) is 4. The van der Waals surface area contributed by atoms with E-state index in [-0.39, 0.29) is 0 Å². The molecule has 0 amide bonds. The van der Waals surface area contributed by atoms with Gasteiger partial charge in [-0.3, -0.25) is 4.57 Å². The van der Waals surface area contributed by atoms with Gasteiger partial charge in [0.15, 0.2) is 5.82 Å². The minimum absolute atomic E-state index is 0.687. The Morgan fingerprint density at radius 3 is 2.41 bits per heavy atom. The molecule has 0 aliphatic heterocycles. The number of aryl methyl sites for hydroxylation is 1. The van der Waals surface area contributed by atoms with Crippen LogP contribution in [-0.4, -0.2) is 21.9 Å². The van der Waals surface area contributed by atoms with Gasteiger partial charge in [0.05, 0.1) is 7.11 Å². The Bertz CT molecular complexity index is 778. The summed E-state index contributed by atoms with van der Waals surface area (Å²) in [7, 11) is 1.65. The number of para-hydroxylation sites is 1. The smallest absolute Gasteiger partial charge is 0.170 e. The van der Waals surface area contributed by atoms with Crippen molar-refractivity contribution in [2.45, 2.75) is 13.3 Å². The number of nitrogens with two attached hydrogens (primary N) is 1. The number of rotatable bonds is 4. The third-order valence-electron chi connectivity index (χ3n) is 3.58. The van der Waals surface area contributed by atoms with Gasteiger partial charge in [-0.2, -0.15) is 0 Å².